The fourth-order valence-corrected chi connectivity index (χ4v) is 1.86. The van der Waals surface area contributed by atoms with Gasteiger partial charge in [0.2, 0.25) is 0 Å². The Labute approximate surface area is 78.2 Å². The number of hydrogen-bond acceptors (Lipinski definition) is 2. The van der Waals surface area contributed by atoms with E-state index in [9.17, 15) is 5.11 Å². The molecular weight excluding hydrogens is 164 g/mol. The van der Waals surface area contributed by atoms with E-state index in [2.05, 4.69) is 6.07 Å². The minimum atomic E-state index is 0.327. The molecule has 0 amide bonds. The van der Waals surface area contributed by atoms with E-state index >= 15 is 0 Å². The molecule has 2 heteroatoms. The van der Waals surface area contributed by atoms with Gasteiger partial charge in [0.1, 0.15) is 0 Å². The molecule has 0 heterocycles. The van der Waals surface area contributed by atoms with Crippen LogP contribution >= 0.6 is 0 Å². The van der Waals surface area contributed by atoms with E-state index in [1.807, 2.05) is 6.07 Å². The second-order valence-electron chi connectivity index (χ2n) is 3.51. The van der Waals surface area contributed by atoms with Gasteiger partial charge in [0.25, 0.3) is 0 Å². The molecule has 0 aliphatic heterocycles. The van der Waals surface area contributed by atoms with Gasteiger partial charge >= 0.3 is 0 Å². The average molecular weight is 178 g/mol. The molecule has 0 atom stereocenters. The number of aryl methyl sites for hydroxylation is 2. The maximum atomic E-state index is 9.75. The Hall–Kier alpha value is -1.18. The Morgan fingerprint density at radius 3 is 2.77 bits per heavy atom. The normalized spacial score (nSPS) is 15.2. The van der Waals surface area contributed by atoms with Gasteiger partial charge in [-0.15, -0.1) is 0 Å². The molecule has 0 unspecified atom stereocenters. The van der Waals surface area contributed by atoms with Crippen LogP contribution in [0.15, 0.2) is 12.1 Å². The van der Waals surface area contributed by atoms with Gasteiger partial charge in [-0.25, -0.2) is 0 Å². The predicted molar refractivity (Wildman–Crippen MR) is 51.3 cm³/mol. The first-order valence-corrected chi connectivity index (χ1v) is 4.70. The lowest BCUT2D eigenvalue weighted by atomic mass is 10.1. The summed E-state index contributed by atoms with van der Waals surface area (Å²) in [5.41, 5.74) is 2.31. The third kappa shape index (κ3) is 1.48. The molecule has 13 heavy (non-hydrogen) atoms. The molecule has 0 radical (unpaired) electrons. The number of fused-ring (bicyclic) bond motifs is 2. The Balaban J connectivity index is 2.50. The van der Waals surface area contributed by atoms with Crippen molar-refractivity contribution in [2.75, 3.05) is 7.11 Å². The van der Waals surface area contributed by atoms with Gasteiger partial charge in [-0.1, -0.05) is 6.07 Å². The predicted octanol–water partition coefficient (Wildman–Crippen LogP) is 2.28. The lowest BCUT2D eigenvalue weighted by Gasteiger charge is -2.08. The molecule has 1 N–H and O–H groups in total. The summed E-state index contributed by atoms with van der Waals surface area (Å²) in [7, 11) is 1.60. The van der Waals surface area contributed by atoms with Crippen molar-refractivity contribution in [3.63, 3.8) is 0 Å². The zero-order valence-corrected chi connectivity index (χ0v) is 7.84. The molecular formula is C11H14O2. The van der Waals surface area contributed by atoms with E-state index in [0.717, 1.165) is 24.8 Å². The van der Waals surface area contributed by atoms with Crippen molar-refractivity contribution in [1.82, 2.24) is 0 Å². The molecule has 0 spiro atoms. The molecule has 0 saturated carbocycles. The summed E-state index contributed by atoms with van der Waals surface area (Å²) < 4.78 is 5.11. The molecule has 0 fully saturated rings. The summed E-state index contributed by atoms with van der Waals surface area (Å²) in [5.74, 6) is 0.947. The summed E-state index contributed by atoms with van der Waals surface area (Å²) in [5, 5.41) is 9.75. The Morgan fingerprint density at radius 1 is 1.23 bits per heavy atom. The molecule has 0 saturated heterocycles. The molecule has 1 aliphatic carbocycles. The number of phenols is 1. The molecule has 2 rings (SSSR count). The van der Waals surface area contributed by atoms with Crippen molar-refractivity contribution >= 4 is 0 Å². The topological polar surface area (TPSA) is 29.5 Å². The van der Waals surface area contributed by atoms with E-state index in [1.54, 1.807) is 7.11 Å². The van der Waals surface area contributed by atoms with Crippen LogP contribution in [0, 0.1) is 0 Å². The highest BCUT2D eigenvalue weighted by Crippen LogP contribution is 2.34. The van der Waals surface area contributed by atoms with Crippen LogP contribution in [0.4, 0.5) is 0 Å². The molecule has 1 aliphatic rings. The first-order chi connectivity index (χ1) is 6.31. The monoisotopic (exact) mass is 178 g/mol. The van der Waals surface area contributed by atoms with Crippen LogP contribution in [-0.4, -0.2) is 12.2 Å². The summed E-state index contributed by atoms with van der Waals surface area (Å²) in [4.78, 5) is 0. The molecule has 70 valence electrons. The molecule has 1 aromatic carbocycles. The lowest BCUT2D eigenvalue weighted by molar-refractivity contribution is 0.370. The maximum absolute atomic E-state index is 9.75. The van der Waals surface area contributed by atoms with Crippen molar-refractivity contribution in [2.24, 2.45) is 0 Å². The first-order valence-electron chi connectivity index (χ1n) is 4.70. The Morgan fingerprint density at radius 2 is 2.00 bits per heavy atom. The Bertz CT molecular complexity index is 318. The summed E-state index contributed by atoms with van der Waals surface area (Å²) in [6, 6.07) is 4.02. The van der Waals surface area contributed by atoms with Crippen LogP contribution in [-0.2, 0) is 12.8 Å². The molecule has 1 aromatic rings. The van der Waals surface area contributed by atoms with Gasteiger partial charge in [0.05, 0.1) is 7.11 Å². The van der Waals surface area contributed by atoms with Crippen molar-refractivity contribution in [2.45, 2.75) is 25.7 Å². The van der Waals surface area contributed by atoms with Crippen LogP contribution in [0.25, 0.3) is 0 Å². The zero-order chi connectivity index (χ0) is 9.26. The van der Waals surface area contributed by atoms with E-state index in [1.165, 1.54) is 12.0 Å². The lowest BCUT2D eigenvalue weighted by Crippen LogP contribution is -1.90. The largest absolute Gasteiger partial charge is 0.504 e. The highest BCUT2D eigenvalue weighted by Gasteiger charge is 2.12. The fraction of sp³-hybridized carbons (Fsp3) is 0.455. The zero-order valence-electron chi connectivity index (χ0n) is 7.84. The van der Waals surface area contributed by atoms with Gasteiger partial charge in [0, 0.05) is 0 Å². The molecule has 0 aromatic heterocycles. The number of aromatic hydroxyl groups is 1. The van der Waals surface area contributed by atoms with Gasteiger partial charge in [-0.05, 0) is 42.9 Å². The van der Waals surface area contributed by atoms with E-state index in [-0.39, 0.29) is 0 Å². The highest BCUT2D eigenvalue weighted by molar-refractivity contribution is 5.49. The van der Waals surface area contributed by atoms with Gasteiger partial charge < -0.3 is 9.84 Å². The number of benzene rings is 1. The minimum Gasteiger partial charge on any atom is -0.504 e. The van der Waals surface area contributed by atoms with Crippen LogP contribution in [0.3, 0.4) is 0 Å². The quantitative estimate of drug-likeness (QED) is 0.714. The van der Waals surface area contributed by atoms with Crippen LogP contribution in [0.2, 0.25) is 0 Å². The second kappa shape index (κ2) is 3.29. The SMILES string of the molecule is COc1cc2cc(c1O)CCCC2. The van der Waals surface area contributed by atoms with Crippen molar-refractivity contribution in [1.29, 1.82) is 0 Å². The van der Waals surface area contributed by atoms with Crippen LogP contribution in [0.5, 0.6) is 11.5 Å². The number of rotatable bonds is 1. The van der Waals surface area contributed by atoms with E-state index < -0.39 is 0 Å². The molecule has 2 nitrogen and oxygen atoms in total. The smallest absolute Gasteiger partial charge is 0.161 e. The third-order valence-corrected chi connectivity index (χ3v) is 2.60. The van der Waals surface area contributed by atoms with E-state index in [4.69, 9.17) is 4.74 Å². The number of methoxy groups -OCH3 is 1. The van der Waals surface area contributed by atoms with Crippen LogP contribution in [0.1, 0.15) is 24.0 Å². The standard InChI is InChI=1S/C11H14O2/c1-13-10-7-8-4-2-3-5-9(6-8)11(10)12/h6-7,12H,2-5H2,1H3. The molecule has 2 bridgehead atoms. The summed E-state index contributed by atoms with van der Waals surface area (Å²) >= 11 is 0. The van der Waals surface area contributed by atoms with E-state index in [0.29, 0.717) is 11.5 Å². The van der Waals surface area contributed by atoms with Crippen molar-refractivity contribution < 1.29 is 9.84 Å². The first kappa shape index (κ1) is 8.42. The number of phenolic OH excluding ortho intramolecular Hbond substituents is 1. The Kier molecular flexibility index (Phi) is 2.13. The average Bonchev–Trinajstić information content (AvgIpc) is 2.35. The van der Waals surface area contributed by atoms with Gasteiger partial charge in [-0.2, -0.15) is 0 Å². The number of hydrogen-bond donors (Lipinski definition) is 1. The second-order valence-corrected chi connectivity index (χ2v) is 3.51. The van der Waals surface area contributed by atoms with Crippen molar-refractivity contribution in [3.8, 4) is 11.5 Å². The maximum Gasteiger partial charge on any atom is 0.161 e. The summed E-state index contributed by atoms with van der Waals surface area (Å²) in [6.07, 6.45) is 4.43. The minimum absolute atomic E-state index is 0.327. The fourth-order valence-electron chi connectivity index (χ4n) is 1.86. The van der Waals surface area contributed by atoms with Gasteiger partial charge in [0.15, 0.2) is 11.5 Å². The number of ether oxygens (including phenoxy) is 1. The highest BCUT2D eigenvalue weighted by atomic mass is 16.5. The third-order valence-electron chi connectivity index (χ3n) is 2.60. The summed E-state index contributed by atoms with van der Waals surface area (Å²) in [6.45, 7) is 0. The van der Waals surface area contributed by atoms with Crippen LogP contribution < -0.4 is 4.74 Å². The van der Waals surface area contributed by atoms with Gasteiger partial charge in [-0.3, -0.25) is 0 Å². The van der Waals surface area contributed by atoms with Crippen molar-refractivity contribution in [3.05, 3.63) is 23.3 Å².